The molecule has 0 saturated carbocycles. The van der Waals surface area contributed by atoms with E-state index in [4.69, 9.17) is 14.2 Å². The van der Waals surface area contributed by atoms with Crippen LogP contribution in [-0.2, 0) is 16.0 Å². The first-order valence-electron chi connectivity index (χ1n) is 10.0. The fraction of sp³-hybridized carbons (Fsp3) is 0.348. The van der Waals surface area contributed by atoms with E-state index >= 15 is 0 Å². The van der Waals surface area contributed by atoms with Gasteiger partial charge in [-0.3, -0.25) is 9.59 Å². The van der Waals surface area contributed by atoms with Gasteiger partial charge in [0.1, 0.15) is 11.8 Å². The topological polar surface area (TPSA) is 98.2 Å². The van der Waals surface area contributed by atoms with E-state index in [-0.39, 0.29) is 12.3 Å². The van der Waals surface area contributed by atoms with E-state index in [1.807, 2.05) is 19.1 Å². The third-order valence-corrected chi connectivity index (χ3v) is 4.35. The SMILES string of the molecule is CCCOc1c(C=NNC(=O)C(C)NC(=O)Cc2ccc(OC)cc2)cccc1OC. The predicted molar refractivity (Wildman–Crippen MR) is 119 cm³/mol. The number of methoxy groups -OCH3 is 2. The number of ether oxygens (including phenoxy) is 3. The third-order valence-electron chi connectivity index (χ3n) is 4.35. The van der Waals surface area contributed by atoms with E-state index in [0.29, 0.717) is 29.4 Å². The summed E-state index contributed by atoms with van der Waals surface area (Å²) in [6.07, 6.45) is 2.49. The minimum Gasteiger partial charge on any atom is -0.497 e. The average molecular weight is 428 g/mol. The van der Waals surface area contributed by atoms with Crippen molar-refractivity contribution in [3.05, 3.63) is 53.6 Å². The molecule has 0 aromatic heterocycles. The highest BCUT2D eigenvalue weighted by Crippen LogP contribution is 2.30. The van der Waals surface area contributed by atoms with E-state index in [0.717, 1.165) is 12.0 Å². The number of amides is 2. The molecule has 0 bridgehead atoms. The van der Waals surface area contributed by atoms with E-state index in [2.05, 4.69) is 15.8 Å². The lowest BCUT2D eigenvalue weighted by atomic mass is 10.1. The summed E-state index contributed by atoms with van der Waals surface area (Å²) in [7, 11) is 3.14. The summed E-state index contributed by atoms with van der Waals surface area (Å²) in [6.45, 7) is 4.14. The van der Waals surface area contributed by atoms with Crippen LogP contribution in [0.15, 0.2) is 47.6 Å². The number of hydrazone groups is 1. The van der Waals surface area contributed by atoms with Crippen molar-refractivity contribution in [3.8, 4) is 17.2 Å². The molecule has 0 saturated heterocycles. The van der Waals surface area contributed by atoms with Gasteiger partial charge in [0.05, 0.1) is 33.5 Å². The number of nitrogens with zero attached hydrogens (tertiary/aromatic N) is 1. The summed E-state index contributed by atoms with van der Waals surface area (Å²) < 4.78 is 16.2. The van der Waals surface area contributed by atoms with Crippen LogP contribution in [0, 0.1) is 0 Å². The Hall–Kier alpha value is -3.55. The first kappa shape index (κ1) is 23.7. The van der Waals surface area contributed by atoms with Crippen LogP contribution in [0.5, 0.6) is 17.2 Å². The Balaban J connectivity index is 1.91. The van der Waals surface area contributed by atoms with Gasteiger partial charge in [0.15, 0.2) is 11.5 Å². The van der Waals surface area contributed by atoms with Gasteiger partial charge in [-0.05, 0) is 43.2 Å². The van der Waals surface area contributed by atoms with Gasteiger partial charge in [0.2, 0.25) is 5.91 Å². The van der Waals surface area contributed by atoms with Gasteiger partial charge in [0, 0.05) is 5.56 Å². The monoisotopic (exact) mass is 427 g/mol. The molecule has 1 unspecified atom stereocenters. The van der Waals surface area contributed by atoms with Crippen LogP contribution in [0.4, 0.5) is 0 Å². The minimum absolute atomic E-state index is 0.160. The third kappa shape index (κ3) is 7.33. The molecule has 2 rings (SSSR count). The second kappa shape index (κ2) is 12.2. The number of hydrogen-bond acceptors (Lipinski definition) is 6. The summed E-state index contributed by atoms with van der Waals surface area (Å²) in [5.74, 6) is 1.17. The molecular formula is C23H29N3O5. The highest BCUT2D eigenvalue weighted by molar-refractivity contribution is 5.90. The quantitative estimate of drug-likeness (QED) is 0.424. The maximum Gasteiger partial charge on any atom is 0.262 e. The second-order valence-corrected chi connectivity index (χ2v) is 6.78. The van der Waals surface area contributed by atoms with Crippen LogP contribution in [-0.4, -0.2) is 44.9 Å². The fourth-order valence-corrected chi connectivity index (χ4v) is 2.70. The summed E-state index contributed by atoms with van der Waals surface area (Å²) in [5, 5.41) is 6.65. The molecule has 2 N–H and O–H groups in total. The Morgan fingerprint density at radius 2 is 1.84 bits per heavy atom. The predicted octanol–water partition coefficient (Wildman–Crippen LogP) is 2.69. The largest absolute Gasteiger partial charge is 0.497 e. The molecule has 8 heteroatoms. The average Bonchev–Trinajstić information content (AvgIpc) is 2.78. The summed E-state index contributed by atoms with van der Waals surface area (Å²) >= 11 is 0. The van der Waals surface area contributed by atoms with Crippen LogP contribution in [0.2, 0.25) is 0 Å². The van der Waals surface area contributed by atoms with Crippen molar-refractivity contribution in [2.24, 2.45) is 5.10 Å². The zero-order valence-electron chi connectivity index (χ0n) is 18.3. The first-order chi connectivity index (χ1) is 15.0. The van der Waals surface area contributed by atoms with Crippen LogP contribution in [0.25, 0.3) is 0 Å². The number of para-hydroxylation sites is 1. The van der Waals surface area contributed by atoms with E-state index in [1.54, 1.807) is 51.5 Å². The Morgan fingerprint density at radius 3 is 2.48 bits per heavy atom. The van der Waals surface area contributed by atoms with Crippen molar-refractivity contribution < 1.29 is 23.8 Å². The molecule has 2 amide bonds. The maximum absolute atomic E-state index is 12.3. The van der Waals surface area contributed by atoms with Gasteiger partial charge in [0.25, 0.3) is 5.91 Å². The Kier molecular flexibility index (Phi) is 9.35. The van der Waals surface area contributed by atoms with Crippen molar-refractivity contribution in [3.63, 3.8) is 0 Å². The summed E-state index contributed by atoms with van der Waals surface area (Å²) in [5.41, 5.74) is 3.93. The molecule has 0 radical (unpaired) electrons. The van der Waals surface area contributed by atoms with Crippen LogP contribution in [0.3, 0.4) is 0 Å². The number of nitrogens with one attached hydrogen (secondary N) is 2. The van der Waals surface area contributed by atoms with Crippen molar-refractivity contribution in [2.45, 2.75) is 32.7 Å². The number of hydrogen-bond donors (Lipinski definition) is 2. The standard InChI is InChI=1S/C23H29N3O5/c1-5-13-31-22-18(7-6-8-20(22)30-4)15-24-26-23(28)16(2)25-21(27)14-17-9-11-19(29-3)12-10-17/h6-12,15-16H,5,13-14H2,1-4H3,(H,25,27)(H,26,28). The first-order valence-corrected chi connectivity index (χ1v) is 10.0. The van der Waals surface area contributed by atoms with Crippen molar-refractivity contribution >= 4 is 18.0 Å². The molecule has 1 atom stereocenters. The molecule has 0 heterocycles. The van der Waals surface area contributed by atoms with Crippen molar-refractivity contribution in [2.75, 3.05) is 20.8 Å². The molecule has 0 spiro atoms. The zero-order valence-corrected chi connectivity index (χ0v) is 18.3. The van der Waals surface area contributed by atoms with E-state index < -0.39 is 11.9 Å². The zero-order chi connectivity index (χ0) is 22.6. The lowest BCUT2D eigenvalue weighted by Crippen LogP contribution is -2.43. The number of rotatable bonds is 11. The van der Waals surface area contributed by atoms with Crippen LogP contribution in [0.1, 0.15) is 31.4 Å². The van der Waals surface area contributed by atoms with E-state index in [9.17, 15) is 9.59 Å². The summed E-state index contributed by atoms with van der Waals surface area (Å²) in [6, 6.07) is 11.8. The number of carbonyl (C=O) groups excluding carboxylic acids is 2. The molecular weight excluding hydrogens is 398 g/mol. The number of benzene rings is 2. The number of carbonyl (C=O) groups is 2. The Labute approximate surface area is 182 Å². The molecule has 0 aliphatic carbocycles. The van der Waals surface area contributed by atoms with Crippen LogP contribution >= 0.6 is 0 Å². The molecule has 2 aromatic rings. The maximum atomic E-state index is 12.3. The molecule has 0 fully saturated rings. The second-order valence-electron chi connectivity index (χ2n) is 6.78. The van der Waals surface area contributed by atoms with Gasteiger partial charge < -0.3 is 19.5 Å². The summed E-state index contributed by atoms with van der Waals surface area (Å²) in [4.78, 5) is 24.5. The Morgan fingerprint density at radius 1 is 1.10 bits per heavy atom. The van der Waals surface area contributed by atoms with Gasteiger partial charge in [-0.25, -0.2) is 5.43 Å². The highest BCUT2D eigenvalue weighted by Gasteiger charge is 2.15. The van der Waals surface area contributed by atoms with E-state index in [1.165, 1.54) is 6.21 Å². The molecule has 2 aromatic carbocycles. The molecule has 166 valence electrons. The smallest absolute Gasteiger partial charge is 0.262 e. The van der Waals surface area contributed by atoms with Gasteiger partial charge in [-0.2, -0.15) is 5.10 Å². The van der Waals surface area contributed by atoms with Crippen LogP contribution < -0.4 is 25.0 Å². The normalized spacial score (nSPS) is 11.6. The Bertz CT molecular complexity index is 897. The van der Waals surface area contributed by atoms with Crippen molar-refractivity contribution in [1.29, 1.82) is 0 Å². The fourth-order valence-electron chi connectivity index (χ4n) is 2.70. The lowest BCUT2D eigenvalue weighted by molar-refractivity contribution is -0.128. The van der Waals surface area contributed by atoms with Gasteiger partial charge in [-0.15, -0.1) is 0 Å². The van der Waals surface area contributed by atoms with Gasteiger partial charge >= 0.3 is 0 Å². The van der Waals surface area contributed by atoms with Crippen molar-refractivity contribution in [1.82, 2.24) is 10.7 Å². The lowest BCUT2D eigenvalue weighted by Gasteiger charge is -2.13. The molecule has 0 aliphatic heterocycles. The molecule has 0 aliphatic rings. The molecule has 8 nitrogen and oxygen atoms in total. The minimum atomic E-state index is -0.746. The highest BCUT2D eigenvalue weighted by atomic mass is 16.5. The molecule has 31 heavy (non-hydrogen) atoms. The van der Waals surface area contributed by atoms with Gasteiger partial charge in [-0.1, -0.05) is 25.1 Å².